The summed E-state index contributed by atoms with van der Waals surface area (Å²) < 4.78 is 0. The quantitative estimate of drug-likeness (QED) is 0.682. The average molecular weight is 233 g/mol. The number of thioether (sulfide) groups is 1. The summed E-state index contributed by atoms with van der Waals surface area (Å²) in [6.45, 7) is 4.43. The second kappa shape index (κ2) is 7.35. The van der Waals surface area contributed by atoms with Gasteiger partial charge in [0.1, 0.15) is 0 Å². The minimum Gasteiger partial charge on any atom is -0.198 e. The van der Waals surface area contributed by atoms with Crippen LogP contribution in [0.1, 0.15) is 43.7 Å². The van der Waals surface area contributed by atoms with E-state index in [2.05, 4.69) is 44.2 Å². The molecule has 0 fully saturated rings. The van der Waals surface area contributed by atoms with Crippen molar-refractivity contribution < 1.29 is 0 Å². The molecule has 0 aliphatic rings. The second-order valence-corrected chi connectivity index (χ2v) is 5.32. The van der Waals surface area contributed by atoms with Crippen LogP contribution in [-0.4, -0.2) is 5.75 Å². The highest BCUT2D eigenvalue weighted by molar-refractivity contribution is 7.98. The van der Waals surface area contributed by atoms with Gasteiger partial charge in [0, 0.05) is 12.2 Å². The molecule has 0 aromatic heterocycles. The molecule has 0 atom stereocenters. The minimum atomic E-state index is 0.609. The third kappa shape index (κ3) is 4.72. The Morgan fingerprint density at radius 1 is 1.25 bits per heavy atom. The molecule has 1 rings (SSSR count). The van der Waals surface area contributed by atoms with Crippen LogP contribution in [0.2, 0.25) is 0 Å². The van der Waals surface area contributed by atoms with Crippen molar-refractivity contribution in [3.05, 3.63) is 35.4 Å². The van der Waals surface area contributed by atoms with Crippen molar-refractivity contribution in [2.45, 2.75) is 38.4 Å². The molecule has 1 aromatic carbocycles. The standard InChI is InChI=1S/C14H19NS/c1-12(2)14-7-5-13(6-8-14)11-16-10-4-3-9-15/h5-8,12H,3-4,10-11H2,1-2H3. The molecule has 0 radical (unpaired) electrons. The first kappa shape index (κ1) is 13.1. The number of rotatable bonds is 6. The van der Waals surface area contributed by atoms with Crippen LogP contribution in [0.4, 0.5) is 0 Å². The van der Waals surface area contributed by atoms with Crippen LogP contribution in [0.25, 0.3) is 0 Å². The molecular formula is C14H19NS. The van der Waals surface area contributed by atoms with Gasteiger partial charge < -0.3 is 0 Å². The maximum Gasteiger partial charge on any atom is 0.0622 e. The van der Waals surface area contributed by atoms with E-state index in [0.29, 0.717) is 12.3 Å². The van der Waals surface area contributed by atoms with Gasteiger partial charge >= 0.3 is 0 Å². The molecule has 86 valence electrons. The largest absolute Gasteiger partial charge is 0.198 e. The van der Waals surface area contributed by atoms with Crippen molar-refractivity contribution in [1.29, 1.82) is 5.26 Å². The van der Waals surface area contributed by atoms with Gasteiger partial charge in [-0.25, -0.2) is 0 Å². The predicted molar refractivity (Wildman–Crippen MR) is 71.5 cm³/mol. The summed E-state index contributed by atoms with van der Waals surface area (Å²) in [5, 5.41) is 8.41. The van der Waals surface area contributed by atoms with Crippen molar-refractivity contribution in [3.8, 4) is 6.07 Å². The SMILES string of the molecule is CC(C)c1ccc(CSCCCC#N)cc1. The van der Waals surface area contributed by atoms with Gasteiger partial charge in [0.15, 0.2) is 0 Å². The van der Waals surface area contributed by atoms with E-state index < -0.39 is 0 Å². The molecule has 0 amide bonds. The Kier molecular flexibility index (Phi) is 6.03. The molecule has 0 saturated carbocycles. The zero-order valence-corrected chi connectivity index (χ0v) is 10.9. The Morgan fingerprint density at radius 2 is 1.94 bits per heavy atom. The molecule has 0 saturated heterocycles. The summed E-state index contributed by atoms with van der Waals surface area (Å²) >= 11 is 1.91. The highest BCUT2D eigenvalue weighted by Gasteiger charge is 1.99. The zero-order chi connectivity index (χ0) is 11.8. The molecule has 0 N–H and O–H groups in total. The van der Waals surface area contributed by atoms with Crippen molar-refractivity contribution >= 4 is 11.8 Å². The number of benzene rings is 1. The lowest BCUT2D eigenvalue weighted by Gasteiger charge is -2.06. The van der Waals surface area contributed by atoms with E-state index >= 15 is 0 Å². The van der Waals surface area contributed by atoms with E-state index in [1.165, 1.54) is 11.1 Å². The van der Waals surface area contributed by atoms with Crippen molar-refractivity contribution in [2.24, 2.45) is 0 Å². The van der Waals surface area contributed by atoms with E-state index in [0.717, 1.165) is 17.9 Å². The van der Waals surface area contributed by atoms with Crippen molar-refractivity contribution in [2.75, 3.05) is 5.75 Å². The molecule has 0 bridgehead atoms. The molecule has 16 heavy (non-hydrogen) atoms. The van der Waals surface area contributed by atoms with Gasteiger partial charge in [-0.3, -0.25) is 0 Å². The molecular weight excluding hydrogens is 214 g/mol. The lowest BCUT2D eigenvalue weighted by Crippen LogP contribution is -1.88. The van der Waals surface area contributed by atoms with Gasteiger partial charge in [-0.15, -0.1) is 0 Å². The number of nitrogens with zero attached hydrogens (tertiary/aromatic N) is 1. The van der Waals surface area contributed by atoms with Crippen LogP contribution in [0, 0.1) is 11.3 Å². The van der Waals surface area contributed by atoms with Crippen molar-refractivity contribution in [3.63, 3.8) is 0 Å². The van der Waals surface area contributed by atoms with Crippen LogP contribution in [0.5, 0.6) is 0 Å². The first-order chi connectivity index (χ1) is 7.74. The molecule has 0 heterocycles. The fourth-order valence-corrected chi connectivity index (χ4v) is 2.36. The second-order valence-electron chi connectivity index (χ2n) is 4.21. The van der Waals surface area contributed by atoms with Crippen molar-refractivity contribution in [1.82, 2.24) is 0 Å². The molecule has 0 aliphatic carbocycles. The van der Waals surface area contributed by atoms with E-state index in [9.17, 15) is 0 Å². The fraction of sp³-hybridized carbons (Fsp3) is 0.500. The molecule has 0 spiro atoms. The summed E-state index contributed by atoms with van der Waals surface area (Å²) in [7, 11) is 0. The van der Waals surface area contributed by atoms with E-state index in [-0.39, 0.29) is 0 Å². The maximum atomic E-state index is 8.41. The first-order valence-corrected chi connectivity index (χ1v) is 6.93. The zero-order valence-electron chi connectivity index (χ0n) is 10.1. The number of unbranched alkanes of at least 4 members (excludes halogenated alkanes) is 1. The summed E-state index contributed by atoms with van der Waals surface area (Å²) in [4.78, 5) is 0. The smallest absolute Gasteiger partial charge is 0.0622 e. The Bertz CT molecular complexity index is 335. The highest BCUT2D eigenvalue weighted by Crippen LogP contribution is 2.18. The van der Waals surface area contributed by atoms with Crippen LogP contribution in [-0.2, 0) is 5.75 Å². The summed E-state index contributed by atoms with van der Waals surface area (Å²) in [6, 6.07) is 11.0. The molecule has 0 unspecified atom stereocenters. The monoisotopic (exact) mass is 233 g/mol. The van der Waals surface area contributed by atoms with Gasteiger partial charge in [-0.2, -0.15) is 17.0 Å². The number of hydrogen-bond donors (Lipinski definition) is 0. The van der Waals surface area contributed by atoms with E-state index in [4.69, 9.17) is 5.26 Å². The molecule has 1 aromatic rings. The first-order valence-electron chi connectivity index (χ1n) is 5.77. The Labute approximate surface area is 103 Å². The Morgan fingerprint density at radius 3 is 2.50 bits per heavy atom. The number of hydrogen-bond acceptors (Lipinski definition) is 2. The lowest BCUT2D eigenvalue weighted by molar-refractivity contribution is 0.866. The van der Waals surface area contributed by atoms with Gasteiger partial charge in [0.05, 0.1) is 6.07 Å². The summed E-state index contributed by atoms with van der Waals surface area (Å²) in [5.74, 6) is 2.75. The Hall–Kier alpha value is -0.940. The normalized spacial score (nSPS) is 10.4. The third-order valence-electron chi connectivity index (χ3n) is 2.49. The topological polar surface area (TPSA) is 23.8 Å². The van der Waals surface area contributed by atoms with Gasteiger partial charge in [-0.05, 0) is 29.2 Å². The van der Waals surface area contributed by atoms with Crippen LogP contribution in [0.15, 0.2) is 24.3 Å². The fourth-order valence-electron chi connectivity index (χ4n) is 1.44. The summed E-state index contributed by atoms with van der Waals surface area (Å²) in [5.41, 5.74) is 2.78. The number of nitriles is 1. The van der Waals surface area contributed by atoms with Crippen LogP contribution >= 0.6 is 11.8 Å². The van der Waals surface area contributed by atoms with Crippen LogP contribution < -0.4 is 0 Å². The van der Waals surface area contributed by atoms with Gasteiger partial charge in [0.25, 0.3) is 0 Å². The Balaban J connectivity index is 2.30. The third-order valence-corrected chi connectivity index (χ3v) is 3.61. The van der Waals surface area contributed by atoms with Gasteiger partial charge in [0.2, 0.25) is 0 Å². The highest BCUT2D eigenvalue weighted by atomic mass is 32.2. The molecule has 1 nitrogen and oxygen atoms in total. The average Bonchev–Trinajstić information content (AvgIpc) is 2.29. The molecule has 0 aliphatic heterocycles. The van der Waals surface area contributed by atoms with Gasteiger partial charge in [-0.1, -0.05) is 38.1 Å². The van der Waals surface area contributed by atoms with Crippen LogP contribution in [0.3, 0.4) is 0 Å². The van der Waals surface area contributed by atoms with E-state index in [1.807, 2.05) is 11.8 Å². The predicted octanol–water partition coefficient (Wildman–Crippen LogP) is 4.35. The van der Waals surface area contributed by atoms with E-state index in [1.54, 1.807) is 0 Å². The molecule has 2 heteroatoms. The lowest BCUT2D eigenvalue weighted by atomic mass is 10.0. The maximum absolute atomic E-state index is 8.41. The summed E-state index contributed by atoms with van der Waals surface area (Å²) in [6.07, 6.45) is 1.69. The minimum absolute atomic E-state index is 0.609.